The molecule has 0 rings (SSSR count). The van der Waals surface area contributed by atoms with Gasteiger partial charge >= 0.3 is 47.8 Å². The third kappa shape index (κ3) is 15.8. The monoisotopic (exact) mass is 522 g/mol. The summed E-state index contributed by atoms with van der Waals surface area (Å²) in [6, 6.07) is 0. The molecule has 0 aliphatic carbocycles. The van der Waals surface area contributed by atoms with Crippen LogP contribution in [0.1, 0.15) is 40.5 Å². The number of hydrogen-bond donors (Lipinski definition) is 1. The maximum absolute atomic E-state index is 11.8. The standard InChI is InChI=1S/C20H26O16/c1-10(19(28)32-9-18(27)34-11(2)20(29)36-13(4)22)33-17(26)8-31-16(25)7-30-14(23)5-6-15(24)35-12(3)21/h10-11,17,26H,5-9H2,1-4H3. The smallest absolute Gasteiger partial charge is 0.354 e. The second kappa shape index (κ2) is 16.7. The highest BCUT2D eigenvalue weighted by atomic mass is 16.7. The number of hydrogen-bond acceptors (Lipinski definition) is 16. The summed E-state index contributed by atoms with van der Waals surface area (Å²) in [5.74, 6) is -8.12. The lowest BCUT2D eigenvalue weighted by molar-refractivity contribution is -0.195. The van der Waals surface area contributed by atoms with Gasteiger partial charge in [0, 0.05) is 13.8 Å². The molecule has 0 aromatic heterocycles. The third-order valence-electron chi connectivity index (χ3n) is 3.44. The van der Waals surface area contributed by atoms with Crippen LogP contribution in [0.2, 0.25) is 0 Å². The van der Waals surface area contributed by atoms with Crippen LogP contribution >= 0.6 is 0 Å². The fourth-order valence-electron chi connectivity index (χ4n) is 1.91. The molecule has 0 spiro atoms. The van der Waals surface area contributed by atoms with Gasteiger partial charge < -0.3 is 38.3 Å². The Kier molecular flexibility index (Phi) is 14.8. The molecule has 0 saturated heterocycles. The van der Waals surface area contributed by atoms with Crippen molar-refractivity contribution in [3.8, 4) is 0 Å². The Bertz CT molecular complexity index is 847. The van der Waals surface area contributed by atoms with E-state index >= 15 is 0 Å². The van der Waals surface area contributed by atoms with Crippen molar-refractivity contribution in [3.05, 3.63) is 0 Å². The van der Waals surface area contributed by atoms with Crippen LogP contribution in [-0.2, 0) is 71.5 Å². The minimum atomic E-state index is -1.80. The van der Waals surface area contributed by atoms with Crippen LogP contribution < -0.4 is 0 Å². The maximum atomic E-state index is 11.8. The predicted molar refractivity (Wildman–Crippen MR) is 108 cm³/mol. The van der Waals surface area contributed by atoms with Crippen molar-refractivity contribution in [1.82, 2.24) is 0 Å². The Morgan fingerprint density at radius 1 is 0.639 bits per heavy atom. The van der Waals surface area contributed by atoms with E-state index in [1.54, 1.807) is 0 Å². The zero-order chi connectivity index (χ0) is 27.8. The summed E-state index contributed by atoms with van der Waals surface area (Å²) in [5.41, 5.74) is 0. The Hall–Kier alpha value is -3.92. The van der Waals surface area contributed by atoms with Gasteiger partial charge in [0.25, 0.3) is 0 Å². The van der Waals surface area contributed by atoms with Gasteiger partial charge in [-0.05, 0) is 13.8 Å². The van der Waals surface area contributed by atoms with Gasteiger partial charge in [-0.3, -0.25) is 19.2 Å². The maximum Gasteiger partial charge on any atom is 0.354 e. The van der Waals surface area contributed by atoms with Crippen molar-refractivity contribution in [3.63, 3.8) is 0 Å². The molecule has 0 bridgehead atoms. The van der Waals surface area contributed by atoms with Crippen LogP contribution in [0.25, 0.3) is 0 Å². The highest BCUT2D eigenvalue weighted by Crippen LogP contribution is 2.03. The second-order valence-corrected chi connectivity index (χ2v) is 6.69. The molecule has 0 fully saturated rings. The van der Waals surface area contributed by atoms with E-state index in [4.69, 9.17) is 4.74 Å². The topological polar surface area (TPSA) is 221 Å². The molecule has 16 nitrogen and oxygen atoms in total. The van der Waals surface area contributed by atoms with Gasteiger partial charge in [-0.2, -0.15) is 0 Å². The molecule has 0 aromatic carbocycles. The number of rotatable bonds is 14. The molecule has 0 heterocycles. The van der Waals surface area contributed by atoms with Crippen LogP contribution in [0.4, 0.5) is 0 Å². The van der Waals surface area contributed by atoms with Gasteiger partial charge in [-0.25, -0.2) is 19.2 Å². The molecule has 3 atom stereocenters. The number of aliphatic hydroxyl groups excluding tert-OH is 1. The first-order valence-corrected chi connectivity index (χ1v) is 10.2. The van der Waals surface area contributed by atoms with Crippen molar-refractivity contribution in [1.29, 1.82) is 0 Å². The van der Waals surface area contributed by atoms with E-state index in [0.717, 1.165) is 27.7 Å². The van der Waals surface area contributed by atoms with Gasteiger partial charge in [-0.15, -0.1) is 0 Å². The van der Waals surface area contributed by atoms with Crippen LogP contribution in [0.15, 0.2) is 0 Å². The SMILES string of the molecule is CC(=O)OC(=O)CCC(=O)OCC(=O)OCC(O)OC(C)C(=O)OCC(=O)OC(C)C(=O)OC(C)=O. The zero-order valence-electron chi connectivity index (χ0n) is 19.8. The molecule has 0 saturated carbocycles. The van der Waals surface area contributed by atoms with E-state index < -0.39 is 98.9 Å². The molecule has 1 N–H and O–H groups in total. The van der Waals surface area contributed by atoms with E-state index in [1.165, 1.54) is 0 Å². The van der Waals surface area contributed by atoms with Crippen LogP contribution in [0.3, 0.4) is 0 Å². The van der Waals surface area contributed by atoms with E-state index in [-0.39, 0.29) is 0 Å². The molecule has 36 heavy (non-hydrogen) atoms. The average molecular weight is 522 g/mol. The quantitative estimate of drug-likeness (QED) is 0.115. The molecule has 0 aliphatic rings. The van der Waals surface area contributed by atoms with E-state index in [9.17, 15) is 43.5 Å². The lowest BCUT2D eigenvalue weighted by Gasteiger charge is -2.17. The van der Waals surface area contributed by atoms with Gasteiger partial charge in [0.15, 0.2) is 31.7 Å². The number of carbonyl (C=O) groups is 8. The summed E-state index contributed by atoms with van der Waals surface area (Å²) < 4.78 is 31.6. The van der Waals surface area contributed by atoms with Crippen molar-refractivity contribution in [2.75, 3.05) is 19.8 Å². The zero-order valence-corrected chi connectivity index (χ0v) is 19.8. The highest BCUT2D eigenvalue weighted by Gasteiger charge is 2.24. The van der Waals surface area contributed by atoms with Gasteiger partial charge in [0.2, 0.25) is 0 Å². The molecule has 0 amide bonds. The Morgan fingerprint density at radius 3 is 1.78 bits per heavy atom. The summed E-state index contributed by atoms with van der Waals surface area (Å²) in [6.07, 6.45) is -5.58. The van der Waals surface area contributed by atoms with E-state index in [2.05, 4.69) is 28.4 Å². The number of aliphatic hydroxyl groups is 1. The summed E-state index contributed by atoms with van der Waals surface area (Å²) in [6.45, 7) is 1.71. The third-order valence-corrected chi connectivity index (χ3v) is 3.44. The normalized spacial score (nSPS) is 12.7. The first-order chi connectivity index (χ1) is 16.7. The molecule has 16 heteroatoms. The minimum Gasteiger partial charge on any atom is -0.458 e. The summed E-state index contributed by atoms with van der Waals surface area (Å²) >= 11 is 0. The van der Waals surface area contributed by atoms with Gasteiger partial charge in [-0.1, -0.05) is 0 Å². The first kappa shape index (κ1) is 32.1. The van der Waals surface area contributed by atoms with Gasteiger partial charge in [0.05, 0.1) is 12.8 Å². The molecule has 0 aromatic rings. The van der Waals surface area contributed by atoms with E-state index in [0.29, 0.717) is 0 Å². The summed E-state index contributed by atoms with van der Waals surface area (Å²) in [5, 5.41) is 9.68. The van der Waals surface area contributed by atoms with Gasteiger partial charge in [0.1, 0.15) is 6.61 Å². The molecule has 0 radical (unpaired) electrons. The van der Waals surface area contributed by atoms with Crippen molar-refractivity contribution >= 4 is 47.8 Å². The Labute approximate surface area is 204 Å². The number of carbonyl (C=O) groups excluding carboxylic acids is 8. The lowest BCUT2D eigenvalue weighted by Crippen LogP contribution is -2.34. The molecule has 202 valence electrons. The molecular formula is C20H26O16. The van der Waals surface area contributed by atoms with Crippen molar-refractivity contribution in [2.45, 2.75) is 59.0 Å². The predicted octanol–water partition coefficient (Wildman–Crippen LogP) is -1.77. The highest BCUT2D eigenvalue weighted by molar-refractivity contribution is 5.88. The molecular weight excluding hydrogens is 496 g/mol. The summed E-state index contributed by atoms with van der Waals surface area (Å²) in [7, 11) is 0. The summed E-state index contributed by atoms with van der Waals surface area (Å²) in [4.78, 5) is 90.1. The van der Waals surface area contributed by atoms with Crippen LogP contribution in [0, 0.1) is 0 Å². The Morgan fingerprint density at radius 2 is 1.19 bits per heavy atom. The number of esters is 8. The van der Waals surface area contributed by atoms with Crippen LogP contribution in [-0.4, -0.2) is 91.2 Å². The molecule has 0 aliphatic heterocycles. The van der Waals surface area contributed by atoms with Crippen molar-refractivity contribution in [2.24, 2.45) is 0 Å². The second-order valence-electron chi connectivity index (χ2n) is 6.69. The van der Waals surface area contributed by atoms with E-state index in [1.807, 2.05) is 0 Å². The lowest BCUT2D eigenvalue weighted by atomic mass is 10.3. The number of ether oxygens (including phenoxy) is 7. The Balaban J connectivity index is 4.18. The largest absolute Gasteiger partial charge is 0.458 e. The minimum absolute atomic E-state index is 0.447. The average Bonchev–Trinajstić information content (AvgIpc) is 2.77. The fourth-order valence-corrected chi connectivity index (χ4v) is 1.91. The molecule has 3 unspecified atom stereocenters. The van der Waals surface area contributed by atoms with Crippen molar-refractivity contribution < 1.29 is 76.6 Å². The first-order valence-electron chi connectivity index (χ1n) is 10.2. The fraction of sp³-hybridized carbons (Fsp3) is 0.600. The van der Waals surface area contributed by atoms with Crippen LogP contribution in [0.5, 0.6) is 0 Å².